The molecule has 2 N–H and O–H groups in total. The van der Waals surface area contributed by atoms with Gasteiger partial charge in [-0.2, -0.15) is 5.10 Å². The van der Waals surface area contributed by atoms with Gasteiger partial charge < -0.3 is 20.2 Å². The Morgan fingerprint density at radius 1 is 1.10 bits per heavy atom. The number of rotatable bonds is 9. The Kier molecular flexibility index (Phi) is 7.35. The van der Waals surface area contributed by atoms with Crippen molar-refractivity contribution < 1.29 is 9.90 Å². The van der Waals surface area contributed by atoms with Gasteiger partial charge in [-0.15, -0.1) is 0 Å². The average molecular weight is 556 g/mol. The molecule has 10 heteroatoms. The van der Waals surface area contributed by atoms with E-state index < -0.39 is 5.60 Å². The van der Waals surface area contributed by atoms with Crippen LogP contribution in [0.3, 0.4) is 0 Å². The van der Waals surface area contributed by atoms with Gasteiger partial charge in [0.2, 0.25) is 5.91 Å². The molecule has 0 bridgehead atoms. The molecule has 1 amide bonds. The van der Waals surface area contributed by atoms with Gasteiger partial charge in [0.1, 0.15) is 11.7 Å². The number of nitrogens with one attached hydrogen (secondary N) is 1. The number of piperidine rings is 1. The lowest BCUT2D eigenvalue weighted by molar-refractivity contribution is -0.137. The van der Waals surface area contributed by atoms with E-state index in [1.54, 1.807) is 10.9 Å². The fraction of sp³-hybridized carbons (Fsp3) is 0.419. The van der Waals surface area contributed by atoms with E-state index in [0.717, 1.165) is 48.4 Å². The van der Waals surface area contributed by atoms with Crippen molar-refractivity contribution in [3.8, 4) is 16.8 Å². The highest BCUT2D eigenvalue weighted by molar-refractivity contribution is 5.81. The molecule has 6 rings (SSSR count). The van der Waals surface area contributed by atoms with Crippen LogP contribution in [0.2, 0.25) is 0 Å². The molecule has 4 aromatic rings. The highest BCUT2D eigenvalue weighted by atomic mass is 16.3. The van der Waals surface area contributed by atoms with Crippen molar-refractivity contribution in [2.24, 2.45) is 5.92 Å². The SMILES string of the molecule is CN(C)CCNc1ccccc1-c1ccc(-n2ncc3c(=O)n(CC4(O)CCN(C(=O)C5CC5)CC4)cnc32)cc1. The third-order valence-corrected chi connectivity index (χ3v) is 8.18. The first-order valence-corrected chi connectivity index (χ1v) is 14.3. The maximum absolute atomic E-state index is 13.3. The van der Waals surface area contributed by atoms with Gasteiger partial charge in [-0.25, -0.2) is 9.67 Å². The second-order valence-electron chi connectivity index (χ2n) is 11.6. The van der Waals surface area contributed by atoms with Crippen molar-refractivity contribution >= 4 is 22.6 Å². The van der Waals surface area contributed by atoms with Crippen LogP contribution in [0.15, 0.2) is 65.8 Å². The molecule has 0 unspecified atom stereocenters. The van der Waals surface area contributed by atoms with Gasteiger partial charge in [-0.3, -0.25) is 14.2 Å². The van der Waals surface area contributed by atoms with Crippen LogP contribution in [0.25, 0.3) is 27.8 Å². The number of likely N-dealkylation sites (tertiary alicyclic amines) is 1. The van der Waals surface area contributed by atoms with Gasteiger partial charge in [0.25, 0.3) is 5.56 Å². The molecule has 2 aromatic heterocycles. The third-order valence-electron chi connectivity index (χ3n) is 8.18. The molecule has 2 aromatic carbocycles. The van der Waals surface area contributed by atoms with Gasteiger partial charge in [0.05, 0.1) is 24.0 Å². The number of amides is 1. The van der Waals surface area contributed by atoms with Crippen LogP contribution in [-0.2, 0) is 11.3 Å². The van der Waals surface area contributed by atoms with Crippen LogP contribution in [0.1, 0.15) is 25.7 Å². The first-order valence-electron chi connectivity index (χ1n) is 14.3. The summed E-state index contributed by atoms with van der Waals surface area (Å²) in [6, 6.07) is 16.3. The Labute approximate surface area is 239 Å². The van der Waals surface area contributed by atoms with Crippen LogP contribution >= 0.6 is 0 Å². The van der Waals surface area contributed by atoms with E-state index in [1.807, 2.05) is 41.3 Å². The van der Waals surface area contributed by atoms with Gasteiger partial charge in [0, 0.05) is 43.3 Å². The van der Waals surface area contributed by atoms with Crippen molar-refractivity contribution in [1.82, 2.24) is 29.1 Å². The van der Waals surface area contributed by atoms with E-state index in [1.165, 1.54) is 10.9 Å². The second-order valence-corrected chi connectivity index (χ2v) is 11.6. The molecule has 3 heterocycles. The quantitative estimate of drug-likeness (QED) is 0.327. The number of carbonyl (C=O) groups excluding carboxylic acids is 1. The van der Waals surface area contributed by atoms with Gasteiger partial charge >= 0.3 is 0 Å². The lowest BCUT2D eigenvalue weighted by atomic mass is 9.91. The minimum Gasteiger partial charge on any atom is -0.388 e. The lowest BCUT2D eigenvalue weighted by Crippen LogP contribution is -2.50. The molecule has 1 saturated heterocycles. The van der Waals surface area contributed by atoms with Gasteiger partial charge in [0.15, 0.2) is 5.65 Å². The summed E-state index contributed by atoms with van der Waals surface area (Å²) < 4.78 is 3.14. The minimum absolute atomic E-state index is 0.141. The molecular formula is C31H37N7O3. The maximum Gasteiger partial charge on any atom is 0.264 e. The van der Waals surface area contributed by atoms with Gasteiger partial charge in [-0.1, -0.05) is 30.3 Å². The molecule has 1 aliphatic heterocycles. The van der Waals surface area contributed by atoms with Gasteiger partial charge in [-0.05, 0) is 63.5 Å². The molecule has 0 radical (unpaired) electrons. The first-order chi connectivity index (χ1) is 19.8. The van der Waals surface area contributed by atoms with Crippen molar-refractivity contribution in [2.75, 3.05) is 45.6 Å². The zero-order valence-corrected chi connectivity index (χ0v) is 23.7. The number of likely N-dealkylation sites (N-methyl/N-ethyl adjacent to an activating group) is 1. The van der Waals surface area contributed by atoms with Crippen LogP contribution in [0, 0.1) is 5.92 Å². The standard InChI is InChI=1S/C31H37N7O3/c1-35(2)18-15-32-27-6-4-3-5-25(27)22-9-11-24(12-10-22)38-28-26(19-34-38)30(40)37(21-33-28)20-31(41)13-16-36(17-14-31)29(39)23-7-8-23/h3-6,9-12,19,21,23,32,41H,7-8,13-18,20H2,1-2H3. The van der Waals surface area contributed by atoms with Crippen molar-refractivity contribution in [3.05, 3.63) is 71.4 Å². The monoisotopic (exact) mass is 555 g/mol. The summed E-state index contributed by atoms with van der Waals surface area (Å²) in [5.41, 5.74) is 3.26. The smallest absolute Gasteiger partial charge is 0.264 e. The summed E-state index contributed by atoms with van der Waals surface area (Å²) in [6.07, 6.45) is 5.86. The number of anilines is 1. The summed E-state index contributed by atoms with van der Waals surface area (Å²) in [4.78, 5) is 34.3. The molecule has 214 valence electrons. The summed E-state index contributed by atoms with van der Waals surface area (Å²) in [6.45, 7) is 2.96. The molecule has 1 saturated carbocycles. The van der Waals surface area contributed by atoms with E-state index >= 15 is 0 Å². The van der Waals surface area contributed by atoms with Crippen molar-refractivity contribution in [3.63, 3.8) is 0 Å². The lowest BCUT2D eigenvalue weighted by Gasteiger charge is -2.38. The Morgan fingerprint density at radius 2 is 1.83 bits per heavy atom. The highest BCUT2D eigenvalue weighted by Crippen LogP contribution is 2.33. The molecular weight excluding hydrogens is 518 g/mol. The third kappa shape index (κ3) is 5.75. The summed E-state index contributed by atoms with van der Waals surface area (Å²) in [5, 5.41) is 19.6. The predicted molar refractivity (Wildman–Crippen MR) is 159 cm³/mol. The molecule has 2 fully saturated rings. The largest absolute Gasteiger partial charge is 0.388 e. The number of benzene rings is 2. The predicted octanol–water partition coefficient (Wildman–Crippen LogP) is 2.99. The number of carbonyl (C=O) groups is 1. The first kappa shape index (κ1) is 27.2. The Hall–Kier alpha value is -4.02. The number of fused-ring (bicyclic) bond motifs is 1. The number of hydrogen-bond acceptors (Lipinski definition) is 7. The van der Waals surface area contributed by atoms with E-state index in [2.05, 4.69) is 46.5 Å². The Bertz CT molecular complexity index is 1600. The molecule has 10 nitrogen and oxygen atoms in total. The Morgan fingerprint density at radius 3 is 2.54 bits per heavy atom. The summed E-state index contributed by atoms with van der Waals surface area (Å²) >= 11 is 0. The maximum atomic E-state index is 13.3. The second kappa shape index (κ2) is 11.1. The molecule has 0 spiro atoms. The molecule has 1 aliphatic carbocycles. The van der Waals surface area contributed by atoms with Crippen LogP contribution in [0.5, 0.6) is 0 Å². The van der Waals surface area contributed by atoms with Crippen LogP contribution in [0.4, 0.5) is 5.69 Å². The van der Waals surface area contributed by atoms with Crippen LogP contribution in [-0.4, -0.2) is 86.0 Å². The number of nitrogens with zero attached hydrogens (tertiary/aromatic N) is 6. The zero-order chi connectivity index (χ0) is 28.6. The molecule has 0 atom stereocenters. The van der Waals surface area contributed by atoms with E-state index in [9.17, 15) is 14.7 Å². The number of hydrogen-bond donors (Lipinski definition) is 2. The number of aromatic nitrogens is 4. The average Bonchev–Trinajstić information content (AvgIpc) is 3.73. The molecule has 2 aliphatic rings. The van der Waals surface area contributed by atoms with Crippen LogP contribution < -0.4 is 10.9 Å². The minimum atomic E-state index is -1.05. The number of aliphatic hydroxyl groups is 1. The fourth-order valence-electron chi connectivity index (χ4n) is 5.54. The van der Waals surface area contributed by atoms with Crippen molar-refractivity contribution in [1.29, 1.82) is 0 Å². The van der Waals surface area contributed by atoms with E-state index in [-0.39, 0.29) is 23.9 Å². The van der Waals surface area contributed by atoms with Crippen molar-refractivity contribution in [2.45, 2.75) is 37.8 Å². The topological polar surface area (TPSA) is 109 Å². The van der Waals surface area contributed by atoms with E-state index in [0.29, 0.717) is 37.0 Å². The number of para-hydroxylation sites is 1. The summed E-state index contributed by atoms with van der Waals surface area (Å²) in [7, 11) is 4.12. The normalized spacial score (nSPS) is 16.8. The zero-order valence-electron chi connectivity index (χ0n) is 23.7. The molecule has 41 heavy (non-hydrogen) atoms. The fourth-order valence-corrected chi connectivity index (χ4v) is 5.54. The highest BCUT2D eigenvalue weighted by Gasteiger charge is 2.39. The Balaban J connectivity index is 1.18. The van der Waals surface area contributed by atoms with E-state index in [4.69, 9.17) is 0 Å². The summed E-state index contributed by atoms with van der Waals surface area (Å²) in [5.74, 6) is 0.377.